The second kappa shape index (κ2) is 9.54. The SMILES string of the molecule is O=C(O)CC1c2ccc3c(c2)CN(CC3)C(=O)c2ccc(cc2)OC/C=C\Cn2nnc3cc1ccc32. The van der Waals surface area contributed by atoms with E-state index in [0.717, 1.165) is 34.1 Å². The van der Waals surface area contributed by atoms with Crippen LogP contribution >= 0.6 is 0 Å². The molecule has 0 aliphatic carbocycles. The number of carbonyl (C=O) groups is 2. The Balaban J connectivity index is 1.43. The van der Waals surface area contributed by atoms with Crippen LogP contribution in [0, 0.1) is 0 Å². The molecule has 5 aliphatic rings. The van der Waals surface area contributed by atoms with Crippen LogP contribution < -0.4 is 4.74 Å². The van der Waals surface area contributed by atoms with Gasteiger partial charge >= 0.3 is 5.97 Å². The van der Waals surface area contributed by atoms with Gasteiger partial charge in [-0.15, -0.1) is 5.10 Å². The summed E-state index contributed by atoms with van der Waals surface area (Å²) in [5.74, 6) is -0.543. The number of hydrogen-bond acceptors (Lipinski definition) is 5. The number of ether oxygens (including phenoxy) is 1. The lowest BCUT2D eigenvalue weighted by atomic mass is 9.85. The van der Waals surface area contributed by atoms with E-state index in [1.165, 1.54) is 5.56 Å². The third-order valence-electron chi connectivity index (χ3n) is 7.14. The molecule has 37 heavy (non-hydrogen) atoms. The molecule has 0 radical (unpaired) electrons. The van der Waals surface area contributed by atoms with Crippen LogP contribution in [0.3, 0.4) is 0 Å². The van der Waals surface area contributed by atoms with Gasteiger partial charge in [-0.3, -0.25) is 9.59 Å². The molecule has 1 amide bonds. The van der Waals surface area contributed by atoms with Gasteiger partial charge in [-0.2, -0.15) is 0 Å². The van der Waals surface area contributed by atoms with Gasteiger partial charge in [0.05, 0.1) is 18.5 Å². The molecule has 5 aliphatic heterocycles. The lowest BCUT2D eigenvalue weighted by molar-refractivity contribution is -0.137. The van der Waals surface area contributed by atoms with Crippen LogP contribution in [0.15, 0.2) is 72.8 Å². The molecule has 0 fully saturated rings. The monoisotopic (exact) mass is 494 g/mol. The summed E-state index contributed by atoms with van der Waals surface area (Å²) in [5, 5.41) is 18.3. The molecule has 3 aromatic carbocycles. The second-order valence-corrected chi connectivity index (χ2v) is 9.48. The number of carboxylic acids is 1. The number of allylic oxidation sites excluding steroid dienone is 1. The smallest absolute Gasteiger partial charge is 0.304 e. The van der Waals surface area contributed by atoms with Crippen molar-refractivity contribution in [2.75, 3.05) is 13.2 Å². The Morgan fingerprint density at radius 3 is 2.65 bits per heavy atom. The number of aromatic nitrogens is 3. The van der Waals surface area contributed by atoms with Crippen molar-refractivity contribution in [2.24, 2.45) is 0 Å². The summed E-state index contributed by atoms with van der Waals surface area (Å²) in [7, 11) is 0. The normalized spacial score (nSPS) is 18.2. The van der Waals surface area contributed by atoms with Gasteiger partial charge in [-0.1, -0.05) is 35.6 Å². The summed E-state index contributed by atoms with van der Waals surface area (Å²) in [6.07, 6.45) is 4.60. The minimum absolute atomic E-state index is 0.0247. The van der Waals surface area contributed by atoms with Crippen molar-refractivity contribution < 1.29 is 19.4 Å². The van der Waals surface area contributed by atoms with Crippen LogP contribution in [0.4, 0.5) is 0 Å². The van der Waals surface area contributed by atoms with Gasteiger partial charge in [-0.25, -0.2) is 4.68 Å². The van der Waals surface area contributed by atoms with Crippen molar-refractivity contribution >= 4 is 22.9 Å². The fourth-order valence-electron chi connectivity index (χ4n) is 5.17. The fraction of sp³-hybridized carbons (Fsp3) is 0.241. The Morgan fingerprint density at radius 2 is 1.81 bits per heavy atom. The maximum absolute atomic E-state index is 13.3. The number of nitrogens with zero attached hydrogens (tertiary/aromatic N) is 4. The topological polar surface area (TPSA) is 97.6 Å². The van der Waals surface area contributed by atoms with Crippen LogP contribution in [-0.2, 0) is 24.3 Å². The van der Waals surface area contributed by atoms with E-state index in [1.807, 2.05) is 53.5 Å². The van der Waals surface area contributed by atoms with Gasteiger partial charge in [-0.05, 0) is 71.1 Å². The molecule has 8 heteroatoms. The number of carboxylic acid groups (broad SMARTS) is 1. The predicted molar refractivity (Wildman–Crippen MR) is 138 cm³/mol. The Hall–Kier alpha value is -4.46. The minimum atomic E-state index is -0.871. The molecule has 1 aromatic heterocycles. The maximum atomic E-state index is 13.3. The van der Waals surface area contributed by atoms with Crippen LogP contribution in [0.2, 0.25) is 0 Å². The van der Waals surface area contributed by atoms with Crippen LogP contribution in [0.5, 0.6) is 5.75 Å². The van der Waals surface area contributed by atoms with Crippen molar-refractivity contribution in [2.45, 2.75) is 31.8 Å². The highest BCUT2D eigenvalue weighted by molar-refractivity contribution is 5.94. The van der Waals surface area contributed by atoms with E-state index in [1.54, 1.807) is 16.8 Å². The standard InChI is InChI=1S/C29H26N4O4/c34-28(35)17-25-21-4-3-19-11-13-32(18-23(19)15-21)29(36)20-5-8-24(9-6-20)37-14-2-1-12-33-27-10-7-22(25)16-26(27)30-31-33/h1-10,15-16,25H,11-14,17-18H2,(H,34,35)/b2-1-. The van der Waals surface area contributed by atoms with E-state index in [2.05, 4.69) is 22.4 Å². The van der Waals surface area contributed by atoms with E-state index >= 15 is 0 Å². The summed E-state index contributed by atoms with van der Waals surface area (Å²) in [4.78, 5) is 27.0. The molecule has 4 aromatic rings. The Labute approximate surface area is 213 Å². The van der Waals surface area contributed by atoms with Crippen LogP contribution in [0.1, 0.15) is 45.0 Å². The predicted octanol–water partition coefficient (Wildman–Crippen LogP) is 4.19. The molecule has 0 spiro atoms. The van der Waals surface area contributed by atoms with Crippen molar-refractivity contribution in [3.05, 3.63) is 101 Å². The summed E-state index contributed by atoms with van der Waals surface area (Å²) >= 11 is 0. The number of rotatable bonds is 2. The van der Waals surface area contributed by atoms with Gasteiger partial charge < -0.3 is 14.7 Å². The third-order valence-corrected chi connectivity index (χ3v) is 7.14. The number of carbonyl (C=O) groups excluding carboxylic acids is 1. The molecule has 6 heterocycles. The number of hydrogen-bond donors (Lipinski definition) is 1. The lowest BCUT2D eigenvalue weighted by Crippen LogP contribution is -2.36. The summed E-state index contributed by atoms with van der Waals surface area (Å²) in [6.45, 7) is 2.05. The maximum Gasteiger partial charge on any atom is 0.304 e. The first-order valence-corrected chi connectivity index (χ1v) is 12.4. The highest BCUT2D eigenvalue weighted by Crippen LogP contribution is 2.33. The quantitative estimate of drug-likeness (QED) is 0.420. The molecule has 186 valence electrons. The molecular weight excluding hydrogens is 468 g/mol. The van der Waals surface area contributed by atoms with Gasteiger partial charge in [0.2, 0.25) is 0 Å². The van der Waals surface area contributed by atoms with Crippen molar-refractivity contribution in [1.82, 2.24) is 19.9 Å². The number of aliphatic carboxylic acids is 1. The first-order valence-electron chi connectivity index (χ1n) is 12.4. The van der Waals surface area contributed by atoms with E-state index < -0.39 is 5.97 Å². The zero-order valence-electron chi connectivity index (χ0n) is 20.2. The Bertz CT molecular complexity index is 1520. The molecular formula is C29H26N4O4. The summed E-state index contributed by atoms with van der Waals surface area (Å²) in [5.41, 5.74) is 6.25. The molecule has 9 rings (SSSR count). The summed E-state index contributed by atoms with van der Waals surface area (Å²) in [6, 6.07) is 19.2. The lowest BCUT2D eigenvalue weighted by Gasteiger charge is -2.30. The summed E-state index contributed by atoms with van der Waals surface area (Å²) < 4.78 is 7.60. The molecule has 0 saturated heterocycles. The van der Waals surface area contributed by atoms with E-state index in [9.17, 15) is 14.7 Å². The first-order chi connectivity index (χ1) is 18.0. The van der Waals surface area contributed by atoms with Gasteiger partial charge in [0.1, 0.15) is 17.9 Å². The van der Waals surface area contributed by atoms with Crippen molar-refractivity contribution in [3.63, 3.8) is 0 Å². The molecule has 1 atom stereocenters. The van der Waals surface area contributed by atoms with Gasteiger partial charge in [0.15, 0.2) is 0 Å². The zero-order chi connectivity index (χ0) is 25.4. The van der Waals surface area contributed by atoms with Gasteiger partial charge in [0.25, 0.3) is 5.91 Å². The molecule has 0 saturated carbocycles. The number of amides is 1. The highest BCUT2D eigenvalue weighted by Gasteiger charge is 2.25. The fourth-order valence-corrected chi connectivity index (χ4v) is 5.17. The average molecular weight is 495 g/mol. The average Bonchev–Trinajstić information content (AvgIpc) is 3.32. The number of benzene rings is 3. The molecule has 9 bridgehead atoms. The van der Waals surface area contributed by atoms with Crippen molar-refractivity contribution in [1.29, 1.82) is 0 Å². The molecule has 8 nitrogen and oxygen atoms in total. The Kier molecular flexibility index (Phi) is 5.92. The van der Waals surface area contributed by atoms with E-state index in [-0.39, 0.29) is 18.2 Å². The highest BCUT2D eigenvalue weighted by atomic mass is 16.5. The second-order valence-electron chi connectivity index (χ2n) is 9.48. The molecule has 1 unspecified atom stereocenters. The first kappa shape index (κ1) is 23.0. The minimum Gasteiger partial charge on any atom is -0.490 e. The van der Waals surface area contributed by atoms with Crippen LogP contribution in [0.25, 0.3) is 11.0 Å². The van der Waals surface area contributed by atoms with Crippen LogP contribution in [-0.4, -0.2) is 50.0 Å². The zero-order valence-corrected chi connectivity index (χ0v) is 20.2. The molecule has 1 N–H and O–H groups in total. The third kappa shape index (κ3) is 4.58. The largest absolute Gasteiger partial charge is 0.490 e. The van der Waals surface area contributed by atoms with E-state index in [4.69, 9.17) is 4.74 Å². The van der Waals surface area contributed by atoms with E-state index in [0.29, 0.717) is 37.6 Å². The van der Waals surface area contributed by atoms with Crippen molar-refractivity contribution in [3.8, 4) is 5.75 Å². The van der Waals surface area contributed by atoms with Gasteiger partial charge in [0, 0.05) is 24.6 Å². The Morgan fingerprint density at radius 1 is 1.00 bits per heavy atom.